The van der Waals surface area contributed by atoms with Crippen LogP contribution >= 0.6 is 11.6 Å². The van der Waals surface area contributed by atoms with Gasteiger partial charge in [0.25, 0.3) is 0 Å². The molecule has 0 radical (unpaired) electrons. The molecular formula is C15H22ClN. The first kappa shape index (κ1) is 12.9. The third kappa shape index (κ3) is 2.83. The number of hydrogen-bond acceptors (Lipinski definition) is 1. The van der Waals surface area contributed by atoms with E-state index in [4.69, 9.17) is 17.3 Å². The topological polar surface area (TPSA) is 26.0 Å². The molecule has 3 atom stereocenters. The van der Waals surface area contributed by atoms with Gasteiger partial charge in [-0.05, 0) is 55.2 Å². The molecule has 0 spiro atoms. The Hall–Kier alpha value is -0.530. The standard InChI is InChI=1S/C15H22ClN/c1-3-11-5-7-15(17)13(8-11)12-6-4-10(2)14(16)9-12/h4,6,9,11,13,15H,3,5,7-8,17H2,1-2H3. The summed E-state index contributed by atoms with van der Waals surface area (Å²) in [5.41, 5.74) is 8.74. The fourth-order valence-corrected chi connectivity index (χ4v) is 3.06. The predicted molar refractivity (Wildman–Crippen MR) is 74.5 cm³/mol. The molecule has 0 aromatic heterocycles. The summed E-state index contributed by atoms with van der Waals surface area (Å²) >= 11 is 6.21. The van der Waals surface area contributed by atoms with Crippen molar-refractivity contribution in [1.29, 1.82) is 0 Å². The molecule has 3 unspecified atom stereocenters. The fraction of sp³-hybridized carbons (Fsp3) is 0.600. The molecule has 1 aliphatic rings. The zero-order valence-corrected chi connectivity index (χ0v) is 11.5. The van der Waals surface area contributed by atoms with E-state index in [1.165, 1.54) is 24.8 Å². The summed E-state index contributed by atoms with van der Waals surface area (Å²) in [5.74, 6) is 1.33. The van der Waals surface area contributed by atoms with Gasteiger partial charge in [0, 0.05) is 11.1 Å². The van der Waals surface area contributed by atoms with E-state index in [1.54, 1.807) is 0 Å². The Morgan fingerprint density at radius 2 is 2.12 bits per heavy atom. The number of aryl methyl sites for hydroxylation is 1. The second-order valence-electron chi connectivity index (χ2n) is 5.37. The highest BCUT2D eigenvalue weighted by atomic mass is 35.5. The van der Waals surface area contributed by atoms with Crippen molar-refractivity contribution in [3.63, 3.8) is 0 Å². The van der Waals surface area contributed by atoms with Gasteiger partial charge in [-0.2, -0.15) is 0 Å². The molecule has 1 fully saturated rings. The largest absolute Gasteiger partial charge is 0.327 e. The SMILES string of the molecule is CCC1CCC(N)C(c2ccc(C)c(Cl)c2)C1. The molecule has 1 aromatic carbocycles. The van der Waals surface area contributed by atoms with Crippen molar-refractivity contribution in [3.05, 3.63) is 34.3 Å². The maximum atomic E-state index is 6.27. The van der Waals surface area contributed by atoms with E-state index in [9.17, 15) is 0 Å². The summed E-state index contributed by atoms with van der Waals surface area (Å²) in [6.07, 6.45) is 4.92. The van der Waals surface area contributed by atoms with E-state index in [0.717, 1.165) is 22.9 Å². The first-order valence-electron chi connectivity index (χ1n) is 6.63. The number of nitrogens with two attached hydrogens (primary N) is 1. The molecule has 94 valence electrons. The summed E-state index contributed by atoms with van der Waals surface area (Å²) in [4.78, 5) is 0. The van der Waals surface area contributed by atoms with Crippen LogP contribution in [0.3, 0.4) is 0 Å². The van der Waals surface area contributed by atoms with Gasteiger partial charge >= 0.3 is 0 Å². The third-order valence-electron chi connectivity index (χ3n) is 4.21. The molecule has 17 heavy (non-hydrogen) atoms. The highest BCUT2D eigenvalue weighted by Crippen LogP contribution is 2.37. The Morgan fingerprint density at radius 1 is 1.35 bits per heavy atom. The lowest BCUT2D eigenvalue weighted by molar-refractivity contribution is 0.282. The van der Waals surface area contributed by atoms with Crippen molar-refractivity contribution < 1.29 is 0 Å². The Balaban J connectivity index is 2.21. The van der Waals surface area contributed by atoms with E-state index in [-0.39, 0.29) is 0 Å². The predicted octanol–water partition coefficient (Wildman–Crippen LogP) is 4.27. The average Bonchev–Trinajstić information content (AvgIpc) is 2.33. The van der Waals surface area contributed by atoms with Gasteiger partial charge in [0.15, 0.2) is 0 Å². The molecule has 0 amide bonds. The van der Waals surface area contributed by atoms with Crippen molar-refractivity contribution in [1.82, 2.24) is 0 Å². The van der Waals surface area contributed by atoms with Crippen LogP contribution in [0.4, 0.5) is 0 Å². The second-order valence-corrected chi connectivity index (χ2v) is 5.77. The van der Waals surface area contributed by atoms with Crippen LogP contribution in [-0.2, 0) is 0 Å². The van der Waals surface area contributed by atoms with E-state index in [1.807, 2.05) is 6.92 Å². The lowest BCUT2D eigenvalue weighted by Gasteiger charge is -2.34. The molecular weight excluding hydrogens is 230 g/mol. The van der Waals surface area contributed by atoms with Gasteiger partial charge in [-0.3, -0.25) is 0 Å². The van der Waals surface area contributed by atoms with Crippen molar-refractivity contribution >= 4 is 11.6 Å². The lowest BCUT2D eigenvalue weighted by Crippen LogP contribution is -2.34. The van der Waals surface area contributed by atoms with E-state index < -0.39 is 0 Å². The Morgan fingerprint density at radius 3 is 2.76 bits per heavy atom. The number of rotatable bonds is 2. The molecule has 0 bridgehead atoms. The molecule has 0 saturated heterocycles. The van der Waals surface area contributed by atoms with E-state index in [0.29, 0.717) is 12.0 Å². The Bertz CT molecular complexity index is 389. The quantitative estimate of drug-likeness (QED) is 0.835. The zero-order valence-electron chi connectivity index (χ0n) is 10.7. The van der Waals surface area contributed by atoms with Crippen LogP contribution in [0.15, 0.2) is 18.2 Å². The molecule has 0 aliphatic heterocycles. The van der Waals surface area contributed by atoms with Gasteiger partial charge in [0.2, 0.25) is 0 Å². The number of benzene rings is 1. The summed E-state index contributed by atoms with van der Waals surface area (Å²) in [5, 5.41) is 0.869. The van der Waals surface area contributed by atoms with Crippen LogP contribution in [0.25, 0.3) is 0 Å². The maximum absolute atomic E-state index is 6.27. The fourth-order valence-electron chi connectivity index (χ4n) is 2.87. The van der Waals surface area contributed by atoms with Crippen molar-refractivity contribution in [3.8, 4) is 0 Å². The van der Waals surface area contributed by atoms with Gasteiger partial charge < -0.3 is 5.73 Å². The highest BCUT2D eigenvalue weighted by molar-refractivity contribution is 6.31. The molecule has 2 heteroatoms. The minimum absolute atomic E-state index is 0.302. The summed E-state index contributed by atoms with van der Waals surface area (Å²) in [6.45, 7) is 4.32. The normalized spacial score (nSPS) is 29.3. The second kappa shape index (κ2) is 5.41. The molecule has 1 aromatic rings. The van der Waals surface area contributed by atoms with Crippen LogP contribution in [0.2, 0.25) is 5.02 Å². The van der Waals surface area contributed by atoms with Crippen LogP contribution in [0, 0.1) is 12.8 Å². The highest BCUT2D eigenvalue weighted by Gasteiger charge is 2.28. The van der Waals surface area contributed by atoms with Crippen LogP contribution in [-0.4, -0.2) is 6.04 Å². The summed E-state index contributed by atoms with van der Waals surface area (Å²) in [6, 6.07) is 6.72. The number of halogens is 1. The Labute approximate surface area is 109 Å². The van der Waals surface area contributed by atoms with Crippen LogP contribution < -0.4 is 5.73 Å². The third-order valence-corrected chi connectivity index (χ3v) is 4.62. The lowest BCUT2D eigenvalue weighted by atomic mass is 9.74. The smallest absolute Gasteiger partial charge is 0.0438 e. The van der Waals surface area contributed by atoms with Crippen LogP contribution in [0.5, 0.6) is 0 Å². The average molecular weight is 252 g/mol. The molecule has 1 aliphatic carbocycles. The van der Waals surface area contributed by atoms with E-state index >= 15 is 0 Å². The van der Waals surface area contributed by atoms with Crippen LogP contribution in [0.1, 0.15) is 49.7 Å². The van der Waals surface area contributed by atoms with Gasteiger partial charge in [0.05, 0.1) is 0 Å². The number of hydrogen-bond donors (Lipinski definition) is 1. The Kier molecular flexibility index (Phi) is 4.11. The van der Waals surface area contributed by atoms with Gasteiger partial charge in [-0.25, -0.2) is 0 Å². The summed E-state index contributed by atoms with van der Waals surface area (Å²) in [7, 11) is 0. The molecule has 2 N–H and O–H groups in total. The monoisotopic (exact) mass is 251 g/mol. The first-order valence-corrected chi connectivity index (χ1v) is 7.01. The molecule has 2 rings (SSSR count). The van der Waals surface area contributed by atoms with Crippen molar-refractivity contribution in [2.75, 3.05) is 0 Å². The van der Waals surface area contributed by atoms with E-state index in [2.05, 4.69) is 25.1 Å². The van der Waals surface area contributed by atoms with Crippen molar-refractivity contribution in [2.45, 2.75) is 51.5 Å². The summed E-state index contributed by atoms with van der Waals surface area (Å²) < 4.78 is 0. The van der Waals surface area contributed by atoms with Gasteiger partial charge in [-0.1, -0.05) is 37.1 Å². The van der Waals surface area contributed by atoms with Crippen molar-refractivity contribution in [2.24, 2.45) is 11.7 Å². The molecule has 1 nitrogen and oxygen atoms in total. The molecule has 1 saturated carbocycles. The molecule has 0 heterocycles. The first-order chi connectivity index (χ1) is 8.11. The minimum Gasteiger partial charge on any atom is -0.327 e. The minimum atomic E-state index is 0.302. The van der Waals surface area contributed by atoms with Gasteiger partial charge in [0.1, 0.15) is 0 Å². The van der Waals surface area contributed by atoms with Gasteiger partial charge in [-0.15, -0.1) is 0 Å². The maximum Gasteiger partial charge on any atom is 0.0438 e. The zero-order chi connectivity index (χ0) is 12.4.